The number of thiazole rings is 1. The lowest BCUT2D eigenvalue weighted by atomic mass is 10.0. The lowest BCUT2D eigenvalue weighted by Crippen LogP contribution is -2.40. The number of fused-ring (bicyclic) bond motifs is 2. The van der Waals surface area contributed by atoms with E-state index in [9.17, 15) is 9.59 Å². The van der Waals surface area contributed by atoms with Crippen LogP contribution in [0.3, 0.4) is 0 Å². The van der Waals surface area contributed by atoms with Gasteiger partial charge >= 0.3 is 6.09 Å². The monoisotopic (exact) mass is 584 g/mol. The fourth-order valence-electron chi connectivity index (χ4n) is 4.55. The number of carbonyl (C=O) groups excluding carboxylic acids is 2. The van der Waals surface area contributed by atoms with Gasteiger partial charge < -0.3 is 20.3 Å². The summed E-state index contributed by atoms with van der Waals surface area (Å²) in [5.74, 6) is -0.122. The maximum Gasteiger partial charge on any atom is 0.410 e. The molecule has 0 saturated heterocycles. The number of amides is 2. The maximum atomic E-state index is 13.2. The van der Waals surface area contributed by atoms with Crippen molar-refractivity contribution in [1.82, 2.24) is 15.2 Å². The van der Waals surface area contributed by atoms with E-state index in [4.69, 9.17) is 9.72 Å². The topological polar surface area (TPSA) is 83.6 Å². The summed E-state index contributed by atoms with van der Waals surface area (Å²) in [6.45, 7) is 6.20. The molecule has 2 amide bonds. The average Bonchev–Trinajstić information content (AvgIpc) is 3.53. The Labute approximate surface area is 243 Å². The number of halogens is 1. The molecular formula is C29H33ClN4O3S2. The van der Waals surface area contributed by atoms with Crippen LogP contribution in [0.2, 0.25) is 0 Å². The molecule has 2 aromatic carbocycles. The second-order valence-electron chi connectivity index (χ2n) is 9.41. The highest BCUT2D eigenvalue weighted by Crippen LogP contribution is 2.44. The van der Waals surface area contributed by atoms with E-state index < -0.39 is 6.09 Å². The summed E-state index contributed by atoms with van der Waals surface area (Å²) >= 11 is 3.28. The summed E-state index contributed by atoms with van der Waals surface area (Å²) in [5.41, 5.74) is 4.22. The van der Waals surface area contributed by atoms with Gasteiger partial charge in [0.2, 0.25) is 5.91 Å². The molecule has 1 aliphatic heterocycles. The molecule has 206 valence electrons. The van der Waals surface area contributed by atoms with Crippen molar-refractivity contribution in [1.29, 1.82) is 0 Å². The number of para-hydroxylation sites is 1. The minimum absolute atomic E-state index is 0. The van der Waals surface area contributed by atoms with E-state index in [1.54, 1.807) is 27.6 Å². The van der Waals surface area contributed by atoms with Crippen LogP contribution in [0.25, 0.3) is 20.8 Å². The Morgan fingerprint density at radius 3 is 2.67 bits per heavy atom. The van der Waals surface area contributed by atoms with E-state index in [1.807, 2.05) is 62.4 Å². The number of hydrogen-bond acceptors (Lipinski definition) is 7. The van der Waals surface area contributed by atoms with Gasteiger partial charge in [0.25, 0.3) is 0 Å². The van der Waals surface area contributed by atoms with Gasteiger partial charge in [0.1, 0.15) is 16.6 Å². The van der Waals surface area contributed by atoms with Crippen LogP contribution in [-0.2, 0) is 29.1 Å². The summed E-state index contributed by atoms with van der Waals surface area (Å²) in [7, 11) is 0. The van der Waals surface area contributed by atoms with Crippen LogP contribution < -0.4 is 10.6 Å². The number of thiophene rings is 1. The van der Waals surface area contributed by atoms with Crippen molar-refractivity contribution in [3.63, 3.8) is 0 Å². The normalized spacial score (nSPS) is 13.3. The molecule has 7 nitrogen and oxygen atoms in total. The number of nitrogens with one attached hydrogen (secondary N) is 2. The van der Waals surface area contributed by atoms with Gasteiger partial charge in [-0.25, -0.2) is 9.78 Å². The van der Waals surface area contributed by atoms with Gasteiger partial charge in [0, 0.05) is 36.0 Å². The smallest absolute Gasteiger partial charge is 0.410 e. The Balaban J connectivity index is 0.00000353. The largest absolute Gasteiger partial charge is 0.445 e. The second-order valence-corrected chi connectivity index (χ2v) is 11.5. The third-order valence-corrected chi connectivity index (χ3v) is 9.03. The quantitative estimate of drug-likeness (QED) is 0.225. The van der Waals surface area contributed by atoms with Crippen LogP contribution in [0.4, 0.5) is 9.80 Å². The molecule has 1 atom stereocenters. The zero-order valence-corrected chi connectivity index (χ0v) is 24.5. The van der Waals surface area contributed by atoms with Crippen LogP contribution in [0.1, 0.15) is 42.7 Å². The molecule has 0 saturated carbocycles. The van der Waals surface area contributed by atoms with E-state index >= 15 is 0 Å². The minimum atomic E-state index is -0.399. The Kier molecular flexibility index (Phi) is 9.96. The van der Waals surface area contributed by atoms with Crippen LogP contribution >= 0.6 is 35.1 Å². The molecule has 1 aliphatic rings. The Morgan fingerprint density at radius 1 is 1.13 bits per heavy atom. The third-order valence-electron chi connectivity index (χ3n) is 6.83. The number of nitrogens with zero attached hydrogens (tertiary/aromatic N) is 2. The highest BCUT2D eigenvalue weighted by Gasteiger charge is 2.26. The van der Waals surface area contributed by atoms with E-state index in [2.05, 4.69) is 16.7 Å². The van der Waals surface area contributed by atoms with Gasteiger partial charge in [-0.2, -0.15) is 0 Å². The van der Waals surface area contributed by atoms with E-state index in [1.165, 1.54) is 10.4 Å². The molecule has 5 rings (SSSR count). The first-order chi connectivity index (χ1) is 18.5. The van der Waals surface area contributed by atoms with Crippen LogP contribution in [0, 0.1) is 0 Å². The van der Waals surface area contributed by atoms with Gasteiger partial charge in [-0.3, -0.25) is 4.79 Å². The van der Waals surface area contributed by atoms with Gasteiger partial charge in [0.05, 0.1) is 10.2 Å². The summed E-state index contributed by atoms with van der Waals surface area (Å²) < 4.78 is 6.70. The first-order valence-electron chi connectivity index (χ1n) is 13.0. The SMILES string of the molecule is CCC(C)N(CCC(=O)Nc1sc2c(c1-c1nc3ccccc3s1)CCNC2)C(=O)OCc1ccccc1.Cl. The fraction of sp³-hybridized carbons (Fsp3) is 0.345. The summed E-state index contributed by atoms with van der Waals surface area (Å²) in [6.07, 6.45) is 1.46. The Hall–Kier alpha value is -2.98. The van der Waals surface area contributed by atoms with Crippen molar-refractivity contribution in [3.05, 3.63) is 70.6 Å². The average molecular weight is 585 g/mol. The lowest BCUT2D eigenvalue weighted by molar-refractivity contribution is -0.116. The van der Waals surface area contributed by atoms with Gasteiger partial charge in [-0.15, -0.1) is 35.1 Å². The lowest BCUT2D eigenvalue weighted by Gasteiger charge is -2.27. The molecule has 4 aromatic rings. The molecular weight excluding hydrogens is 552 g/mol. The van der Waals surface area contributed by atoms with E-state index in [-0.39, 0.29) is 43.9 Å². The molecule has 10 heteroatoms. The minimum Gasteiger partial charge on any atom is -0.445 e. The van der Waals surface area contributed by atoms with E-state index in [0.717, 1.165) is 57.3 Å². The molecule has 0 bridgehead atoms. The first-order valence-corrected chi connectivity index (χ1v) is 14.6. The Bertz CT molecular complexity index is 1390. The number of anilines is 1. The predicted octanol–water partition coefficient (Wildman–Crippen LogP) is 6.86. The third kappa shape index (κ3) is 6.78. The Morgan fingerprint density at radius 2 is 1.90 bits per heavy atom. The zero-order chi connectivity index (χ0) is 26.5. The molecule has 39 heavy (non-hydrogen) atoms. The van der Waals surface area contributed by atoms with Crippen LogP contribution in [0.5, 0.6) is 0 Å². The second kappa shape index (κ2) is 13.4. The van der Waals surface area contributed by atoms with Crippen molar-refractivity contribution in [2.45, 2.75) is 52.3 Å². The molecule has 1 unspecified atom stereocenters. The van der Waals surface area contributed by atoms with Crippen molar-refractivity contribution < 1.29 is 14.3 Å². The van der Waals surface area contributed by atoms with Crippen molar-refractivity contribution in [3.8, 4) is 10.6 Å². The predicted molar refractivity (Wildman–Crippen MR) is 162 cm³/mol. The number of rotatable bonds is 9. The molecule has 2 N–H and O–H groups in total. The van der Waals surface area contributed by atoms with Gasteiger partial charge in [-0.1, -0.05) is 49.4 Å². The molecule has 0 aliphatic carbocycles. The van der Waals surface area contributed by atoms with E-state index in [0.29, 0.717) is 0 Å². The number of ether oxygens (including phenoxy) is 1. The summed E-state index contributed by atoms with van der Waals surface area (Å²) in [6, 6.07) is 17.7. The fourth-order valence-corrected chi connectivity index (χ4v) is 6.90. The van der Waals surface area contributed by atoms with Gasteiger partial charge in [0.15, 0.2) is 0 Å². The highest BCUT2D eigenvalue weighted by molar-refractivity contribution is 7.22. The molecule has 0 radical (unpaired) electrons. The standard InChI is InChI=1S/C29H32N4O3S2.ClH/c1-3-19(2)33(29(35)36-18-20-9-5-4-6-10-20)16-14-25(34)32-28-26(21-13-15-30-17-24(21)38-28)27-31-22-11-7-8-12-23(22)37-27;/h4-12,19,30H,3,13-18H2,1-2H3,(H,32,34);1H. The number of benzene rings is 2. The highest BCUT2D eigenvalue weighted by atomic mass is 35.5. The molecule has 0 fully saturated rings. The van der Waals surface area contributed by atoms with Crippen molar-refractivity contribution in [2.75, 3.05) is 18.4 Å². The number of hydrogen-bond donors (Lipinski definition) is 2. The van der Waals surface area contributed by atoms with Crippen LogP contribution in [-0.4, -0.2) is 41.0 Å². The van der Waals surface area contributed by atoms with Gasteiger partial charge in [-0.05, 0) is 49.6 Å². The van der Waals surface area contributed by atoms with Crippen molar-refractivity contribution >= 4 is 62.3 Å². The molecule has 3 heterocycles. The number of aromatic nitrogens is 1. The maximum absolute atomic E-state index is 13.2. The van der Waals surface area contributed by atoms with Crippen molar-refractivity contribution in [2.24, 2.45) is 0 Å². The molecule has 0 spiro atoms. The summed E-state index contributed by atoms with van der Waals surface area (Å²) in [4.78, 5) is 33.9. The molecule has 2 aromatic heterocycles. The number of carbonyl (C=O) groups is 2. The zero-order valence-electron chi connectivity index (χ0n) is 22.1. The summed E-state index contributed by atoms with van der Waals surface area (Å²) in [5, 5.41) is 8.36. The van der Waals surface area contributed by atoms with Crippen LogP contribution in [0.15, 0.2) is 54.6 Å². The first kappa shape index (κ1) is 29.0.